The Balaban J connectivity index is 0.000000494. The van der Waals surface area contributed by atoms with E-state index in [1.165, 1.54) is 21.3 Å². The molecular weight excluding hydrogens is 944 g/mol. The Labute approximate surface area is 454 Å². The number of aliphatic carboxylic acids is 1. The van der Waals surface area contributed by atoms with Crippen LogP contribution in [0.25, 0.3) is 22.5 Å². The van der Waals surface area contributed by atoms with Crippen molar-refractivity contribution in [3.63, 3.8) is 0 Å². The summed E-state index contributed by atoms with van der Waals surface area (Å²) in [6.07, 6.45) is 7.21. The molecule has 4 atom stereocenters. The second kappa shape index (κ2) is 29.8. The van der Waals surface area contributed by atoms with Crippen LogP contribution in [0.5, 0.6) is 0 Å². The minimum atomic E-state index is -1.03. The number of rotatable bonds is 19. The fraction of sp³-hybridized carbons (Fsp3) is 0.390. The minimum Gasteiger partial charge on any atom is -0.870 e. The summed E-state index contributed by atoms with van der Waals surface area (Å²) in [6.45, 7) is 21.7. The van der Waals surface area contributed by atoms with Crippen molar-refractivity contribution >= 4 is 23.8 Å². The Morgan fingerprint density at radius 3 is 1.31 bits per heavy atom. The number of aromatic nitrogens is 4. The van der Waals surface area contributed by atoms with Gasteiger partial charge in [-0.2, -0.15) is 0 Å². The molecule has 0 aliphatic heterocycles. The molecule has 0 radical (unpaired) electrons. The summed E-state index contributed by atoms with van der Waals surface area (Å²) in [7, 11) is 0. The first-order valence-corrected chi connectivity index (χ1v) is 24.6. The number of benzene rings is 2. The van der Waals surface area contributed by atoms with Crippen molar-refractivity contribution in [1.29, 1.82) is 0 Å². The van der Waals surface area contributed by atoms with Crippen LogP contribution >= 0.6 is 0 Å². The van der Waals surface area contributed by atoms with Gasteiger partial charge in [-0.3, -0.25) is 38.7 Å². The first-order valence-electron chi connectivity index (χ1n) is 24.6. The number of carboxylic acid groups (broad SMARTS) is 1. The molecule has 0 saturated carbocycles. The molecule has 15 nitrogen and oxygen atoms in total. The molecule has 0 aliphatic rings. The molecule has 6 rings (SSSR count). The number of carboxylic acids is 1. The number of esters is 1. The first-order chi connectivity index (χ1) is 34.2. The number of carbonyl (C=O) groups is 4. The molecule has 2 amide bonds. The van der Waals surface area contributed by atoms with E-state index in [1.807, 2.05) is 124 Å². The normalized spacial score (nSPS) is 12.3. The van der Waals surface area contributed by atoms with Crippen LogP contribution < -0.4 is 40.6 Å². The predicted molar refractivity (Wildman–Crippen MR) is 290 cm³/mol. The molecule has 396 valence electrons. The topological polar surface area (TPSA) is 222 Å². The van der Waals surface area contributed by atoms with Crippen molar-refractivity contribution in [2.24, 2.45) is 11.8 Å². The van der Waals surface area contributed by atoms with Crippen LogP contribution in [0.4, 0.5) is 0 Å². The molecule has 4 N–H and O–H groups in total. The summed E-state index contributed by atoms with van der Waals surface area (Å²) in [5.41, 5.74) is 10.3. The standard InChI is InChI=1S/C30H37N3O4.C28H33N3O4.CH4.Li.H2O/c1-7-37-28(35)18-24(23-11-13-31-25(17-23)29-21(5)9-8-10-22(29)6)32-30(36)26(15-19(2)3)33-14-12-20(4)16-27(33)34;1-17(2)13-24(31-12-10-18(3)14-25(31)32)28(35)30-22(16-26(33)34)21-9-11-29-23(15-21)27-19(4)7-6-8-20(27)5;;;/h8-14,16-17,19,24,26H,7,15,18H2,1-6H3,(H,32,36);6-12,14-15,17,22,24H,13,16H2,1-5H3,(H,30,35)(H,33,34);1H4;;1H2/q;;;+1;/p-1. The quantitative estimate of drug-likeness (QED) is 0.0534. The van der Waals surface area contributed by atoms with Crippen molar-refractivity contribution in [2.45, 2.75) is 133 Å². The molecule has 0 saturated heterocycles. The average Bonchev–Trinajstić information content (AvgIpc) is 3.30. The van der Waals surface area contributed by atoms with Crippen LogP contribution in [-0.2, 0) is 23.9 Å². The van der Waals surface area contributed by atoms with Gasteiger partial charge in [0.25, 0.3) is 11.1 Å². The molecule has 6 aromatic rings. The number of aryl methyl sites for hydroxylation is 6. The van der Waals surface area contributed by atoms with E-state index in [0.29, 0.717) is 18.4 Å². The van der Waals surface area contributed by atoms with Gasteiger partial charge in [0.2, 0.25) is 11.8 Å². The summed E-state index contributed by atoms with van der Waals surface area (Å²) in [5, 5.41) is 15.5. The van der Waals surface area contributed by atoms with Crippen LogP contribution in [0.15, 0.2) is 119 Å². The monoisotopic (exact) mass is 1020 g/mol. The van der Waals surface area contributed by atoms with Gasteiger partial charge in [0.1, 0.15) is 12.1 Å². The number of hydrogen-bond donors (Lipinski definition) is 3. The molecule has 75 heavy (non-hydrogen) atoms. The number of nitrogens with zero attached hydrogens (tertiary/aromatic N) is 4. The summed E-state index contributed by atoms with van der Waals surface area (Å²) in [4.78, 5) is 85.9. The fourth-order valence-corrected chi connectivity index (χ4v) is 8.92. The Kier molecular flexibility index (Phi) is 25.5. The van der Waals surface area contributed by atoms with Gasteiger partial charge in [-0.1, -0.05) is 71.5 Å². The third kappa shape index (κ3) is 17.9. The smallest absolute Gasteiger partial charge is 0.870 e. The van der Waals surface area contributed by atoms with E-state index < -0.39 is 36.1 Å². The van der Waals surface area contributed by atoms with Crippen molar-refractivity contribution in [1.82, 2.24) is 29.7 Å². The third-order valence-corrected chi connectivity index (χ3v) is 12.4. The van der Waals surface area contributed by atoms with Crippen molar-refractivity contribution in [3.8, 4) is 22.5 Å². The summed E-state index contributed by atoms with van der Waals surface area (Å²) >= 11 is 0. The van der Waals surface area contributed by atoms with Crippen LogP contribution in [0, 0.1) is 53.4 Å². The average molecular weight is 1020 g/mol. The predicted octanol–water partition coefficient (Wildman–Crippen LogP) is 7.45. The molecule has 0 spiro atoms. The van der Waals surface area contributed by atoms with Crippen LogP contribution in [0.2, 0.25) is 0 Å². The largest absolute Gasteiger partial charge is 1.00 e. The Morgan fingerprint density at radius 1 is 0.600 bits per heavy atom. The van der Waals surface area contributed by atoms with E-state index in [0.717, 1.165) is 61.5 Å². The van der Waals surface area contributed by atoms with Crippen LogP contribution in [-0.4, -0.2) is 60.0 Å². The van der Waals surface area contributed by atoms with Crippen LogP contribution in [0.1, 0.15) is 136 Å². The van der Waals surface area contributed by atoms with Crippen molar-refractivity contribution in [3.05, 3.63) is 175 Å². The SMILES string of the molecule is C.CCOC(=O)CC(NC(=O)C(CC(C)C)n1ccc(C)cc1=O)c1ccnc(-c2c(C)cccc2C)c1.Cc1ccn(C(CC(C)C)C(=O)NC(CC(=O)O)c2ccnc(-c3c(C)cccc3C)c2)c(=O)c1.[Li+].[OH-]. The molecule has 4 aromatic heterocycles. The zero-order valence-electron chi connectivity index (χ0n) is 44.9. The van der Waals surface area contributed by atoms with Gasteiger partial charge in [-0.05, 0) is 154 Å². The Morgan fingerprint density at radius 2 is 0.973 bits per heavy atom. The molecule has 4 unspecified atom stereocenters. The van der Waals surface area contributed by atoms with E-state index in [4.69, 9.17) is 4.74 Å². The second-order valence-corrected chi connectivity index (χ2v) is 19.4. The molecule has 4 heterocycles. The van der Waals surface area contributed by atoms with Gasteiger partial charge in [-0.15, -0.1) is 0 Å². The van der Waals surface area contributed by atoms with E-state index in [9.17, 15) is 33.9 Å². The van der Waals surface area contributed by atoms with Crippen LogP contribution in [0.3, 0.4) is 0 Å². The van der Waals surface area contributed by atoms with E-state index in [2.05, 4.69) is 20.6 Å². The summed E-state index contributed by atoms with van der Waals surface area (Å²) in [5.74, 6) is -1.84. The van der Waals surface area contributed by atoms with E-state index >= 15 is 0 Å². The van der Waals surface area contributed by atoms with E-state index in [-0.39, 0.29) is 86.0 Å². The fourth-order valence-electron chi connectivity index (χ4n) is 8.92. The second-order valence-electron chi connectivity index (χ2n) is 19.4. The van der Waals surface area contributed by atoms with Gasteiger partial charge in [0.15, 0.2) is 0 Å². The molecule has 2 aromatic carbocycles. The summed E-state index contributed by atoms with van der Waals surface area (Å²) in [6, 6.07) is 23.1. The number of pyridine rings is 4. The van der Waals surface area contributed by atoms with Gasteiger partial charge in [0.05, 0.1) is 42.9 Å². The van der Waals surface area contributed by atoms with Crippen molar-refractivity contribution in [2.75, 3.05) is 6.61 Å². The summed E-state index contributed by atoms with van der Waals surface area (Å²) < 4.78 is 8.11. The molecular formula is C59H75LiN6O9. The Hall–Kier alpha value is -6.92. The first kappa shape index (κ1) is 64.2. The number of nitrogens with one attached hydrogen (secondary N) is 2. The number of hydrogen-bond acceptors (Lipinski definition) is 10. The number of carbonyl (C=O) groups excluding carboxylic acids is 3. The van der Waals surface area contributed by atoms with Crippen molar-refractivity contribution < 1.29 is 53.4 Å². The zero-order valence-corrected chi connectivity index (χ0v) is 44.9. The number of ether oxygens (including phenoxy) is 1. The maximum Gasteiger partial charge on any atom is 1.00 e. The van der Waals surface area contributed by atoms with Gasteiger partial charge < -0.3 is 35.1 Å². The molecule has 0 fully saturated rings. The molecule has 0 bridgehead atoms. The van der Waals surface area contributed by atoms with E-state index in [1.54, 1.807) is 49.9 Å². The van der Waals surface area contributed by atoms with Gasteiger partial charge in [-0.25, -0.2) is 0 Å². The van der Waals surface area contributed by atoms with Gasteiger partial charge >= 0.3 is 30.8 Å². The Bertz CT molecular complexity index is 2960. The maximum atomic E-state index is 13.7. The third-order valence-electron chi connectivity index (χ3n) is 12.4. The zero-order chi connectivity index (χ0) is 52.8. The maximum absolute atomic E-state index is 13.7. The minimum absolute atomic E-state index is 0. The molecule has 16 heteroatoms. The van der Waals surface area contributed by atoms with Gasteiger partial charge in [0, 0.05) is 48.0 Å². The molecule has 0 aliphatic carbocycles. The number of amides is 2.